The van der Waals surface area contributed by atoms with Crippen LogP contribution >= 0.6 is 0 Å². The van der Waals surface area contributed by atoms with Crippen molar-refractivity contribution in [3.63, 3.8) is 0 Å². The molecule has 1 aliphatic rings. The van der Waals surface area contributed by atoms with Crippen LogP contribution in [0.4, 0.5) is 0 Å². The minimum Gasteiger partial charge on any atom is -0.463 e. The number of nitrogens with zero attached hydrogens (tertiary/aromatic N) is 1. The predicted octanol–water partition coefficient (Wildman–Crippen LogP) is -0.942. The minimum atomic E-state index is -0.785. The molecule has 1 saturated heterocycles. The Hall–Kier alpha value is -2.62. The van der Waals surface area contributed by atoms with Gasteiger partial charge >= 0.3 is 17.6 Å². The van der Waals surface area contributed by atoms with Crippen LogP contribution < -0.4 is 11.4 Å². The van der Waals surface area contributed by atoms with E-state index in [9.17, 15) is 19.2 Å². The highest BCUT2D eigenvalue weighted by atomic mass is 16.6. The number of imidazole rings is 1. The van der Waals surface area contributed by atoms with Gasteiger partial charge in [0.1, 0.15) is 30.7 Å². The Labute approximate surface area is 130 Å². The molecule has 2 rings (SSSR count). The average molecular weight is 327 g/mol. The van der Waals surface area contributed by atoms with Crippen molar-refractivity contribution in [2.24, 2.45) is 5.73 Å². The van der Waals surface area contributed by atoms with E-state index in [0.29, 0.717) is 0 Å². The Morgan fingerprint density at radius 1 is 1.39 bits per heavy atom. The van der Waals surface area contributed by atoms with Gasteiger partial charge in [0, 0.05) is 26.5 Å². The Morgan fingerprint density at radius 3 is 2.61 bits per heavy atom. The zero-order valence-electron chi connectivity index (χ0n) is 12.6. The summed E-state index contributed by atoms with van der Waals surface area (Å²) in [4.78, 5) is 47.3. The van der Waals surface area contributed by atoms with E-state index < -0.39 is 42.0 Å². The van der Waals surface area contributed by atoms with E-state index >= 15 is 0 Å². The van der Waals surface area contributed by atoms with Crippen molar-refractivity contribution in [2.45, 2.75) is 38.7 Å². The Bertz CT molecular complexity index is 677. The van der Waals surface area contributed by atoms with Gasteiger partial charge in [0.25, 0.3) is 5.91 Å². The lowest BCUT2D eigenvalue weighted by Gasteiger charge is -2.17. The van der Waals surface area contributed by atoms with Crippen LogP contribution in [0, 0.1) is 0 Å². The Morgan fingerprint density at radius 2 is 2.09 bits per heavy atom. The van der Waals surface area contributed by atoms with Gasteiger partial charge in [-0.15, -0.1) is 0 Å². The van der Waals surface area contributed by atoms with Gasteiger partial charge in [-0.1, -0.05) is 0 Å². The number of hydrogen-bond acceptors (Lipinski definition) is 7. The second-order valence-electron chi connectivity index (χ2n) is 5.06. The van der Waals surface area contributed by atoms with Crippen LogP contribution in [-0.2, 0) is 23.8 Å². The molecular weight excluding hydrogens is 310 g/mol. The Kier molecular flexibility index (Phi) is 4.84. The first-order valence-corrected chi connectivity index (χ1v) is 6.85. The highest BCUT2D eigenvalue weighted by Gasteiger charge is 2.40. The normalized spacial score (nSPS) is 23.5. The summed E-state index contributed by atoms with van der Waals surface area (Å²) in [6, 6.07) is 0. The lowest BCUT2D eigenvalue weighted by molar-refractivity contribution is -0.155. The second kappa shape index (κ2) is 6.65. The predicted molar refractivity (Wildman–Crippen MR) is 74.3 cm³/mol. The number of amides is 1. The summed E-state index contributed by atoms with van der Waals surface area (Å²) in [7, 11) is 0. The first-order chi connectivity index (χ1) is 10.8. The number of aromatic amines is 1. The number of hydrogen-bond donors (Lipinski definition) is 2. The van der Waals surface area contributed by atoms with Crippen LogP contribution in [0.2, 0.25) is 0 Å². The van der Waals surface area contributed by atoms with Crippen molar-refractivity contribution in [3.8, 4) is 0 Å². The van der Waals surface area contributed by atoms with Crippen molar-refractivity contribution in [2.75, 3.05) is 6.61 Å². The van der Waals surface area contributed by atoms with Gasteiger partial charge in [-0.05, 0) is 0 Å². The Balaban J connectivity index is 2.17. The molecule has 0 unspecified atom stereocenters. The molecule has 10 nitrogen and oxygen atoms in total. The molecule has 10 heteroatoms. The van der Waals surface area contributed by atoms with Crippen molar-refractivity contribution in [1.82, 2.24) is 9.55 Å². The molecule has 126 valence electrons. The second-order valence-corrected chi connectivity index (χ2v) is 5.06. The molecule has 2 heterocycles. The summed E-state index contributed by atoms with van der Waals surface area (Å²) in [6.07, 6.45) is -0.783. The van der Waals surface area contributed by atoms with Gasteiger partial charge < -0.3 is 24.9 Å². The van der Waals surface area contributed by atoms with Crippen LogP contribution in [0.1, 0.15) is 37.0 Å². The molecule has 1 amide bonds. The molecule has 1 fully saturated rings. The minimum absolute atomic E-state index is 0.0638. The molecule has 23 heavy (non-hydrogen) atoms. The zero-order chi connectivity index (χ0) is 17.1. The van der Waals surface area contributed by atoms with Crippen molar-refractivity contribution < 1.29 is 28.6 Å². The lowest BCUT2D eigenvalue weighted by atomic mass is 10.2. The number of nitrogens with one attached hydrogen (secondary N) is 1. The quantitative estimate of drug-likeness (QED) is 0.664. The zero-order valence-corrected chi connectivity index (χ0v) is 12.6. The topological polar surface area (TPSA) is 143 Å². The number of carbonyl (C=O) groups is 3. The molecule has 0 aliphatic carbocycles. The lowest BCUT2D eigenvalue weighted by Crippen LogP contribution is -2.31. The molecule has 0 spiro atoms. The maximum atomic E-state index is 11.9. The number of carbonyl (C=O) groups excluding carboxylic acids is 3. The van der Waals surface area contributed by atoms with E-state index in [1.54, 1.807) is 0 Å². The van der Waals surface area contributed by atoms with E-state index in [-0.39, 0.29) is 18.7 Å². The molecule has 3 N–H and O–H groups in total. The van der Waals surface area contributed by atoms with Gasteiger partial charge in [0.05, 0.1) is 0 Å². The van der Waals surface area contributed by atoms with E-state index in [2.05, 4.69) is 4.98 Å². The fourth-order valence-corrected chi connectivity index (χ4v) is 2.31. The van der Waals surface area contributed by atoms with E-state index in [4.69, 9.17) is 19.9 Å². The molecule has 1 aliphatic heterocycles. The molecule has 0 saturated carbocycles. The fourth-order valence-electron chi connectivity index (χ4n) is 2.31. The van der Waals surface area contributed by atoms with Crippen LogP contribution in [0.15, 0.2) is 11.0 Å². The SMILES string of the molecule is CC(=O)OC[C@H]1O[C@@H](n2cc(C(N)=O)[nH]c2=O)C[C@@H]1OC(C)=O. The maximum Gasteiger partial charge on any atom is 0.328 e. The monoisotopic (exact) mass is 327 g/mol. The van der Waals surface area contributed by atoms with E-state index in [1.807, 2.05) is 0 Å². The number of aromatic nitrogens is 2. The molecule has 0 radical (unpaired) electrons. The summed E-state index contributed by atoms with van der Waals surface area (Å²) in [5.41, 5.74) is 4.46. The molecule has 1 aromatic heterocycles. The summed E-state index contributed by atoms with van der Waals surface area (Å²) in [5, 5.41) is 0. The number of ether oxygens (including phenoxy) is 3. The molecule has 0 bridgehead atoms. The van der Waals surface area contributed by atoms with Gasteiger partial charge in [0.15, 0.2) is 0 Å². The molecule has 3 atom stereocenters. The number of rotatable bonds is 5. The summed E-state index contributed by atoms with van der Waals surface area (Å²) in [5.74, 6) is -1.81. The van der Waals surface area contributed by atoms with Crippen molar-refractivity contribution in [3.05, 3.63) is 22.4 Å². The molecule has 1 aromatic rings. The van der Waals surface area contributed by atoms with Crippen molar-refractivity contribution >= 4 is 17.8 Å². The van der Waals surface area contributed by atoms with Crippen LogP contribution in [0.3, 0.4) is 0 Å². The smallest absolute Gasteiger partial charge is 0.328 e. The molecule has 0 aromatic carbocycles. The van der Waals surface area contributed by atoms with Gasteiger partial charge in [-0.3, -0.25) is 19.0 Å². The third-order valence-electron chi connectivity index (χ3n) is 3.27. The maximum absolute atomic E-state index is 11.9. The van der Waals surface area contributed by atoms with Gasteiger partial charge in [-0.25, -0.2) is 4.79 Å². The van der Waals surface area contributed by atoms with Gasteiger partial charge in [0.2, 0.25) is 0 Å². The van der Waals surface area contributed by atoms with E-state index in [0.717, 1.165) is 4.57 Å². The fraction of sp³-hybridized carbons (Fsp3) is 0.538. The summed E-state index contributed by atoms with van der Waals surface area (Å²) >= 11 is 0. The summed E-state index contributed by atoms with van der Waals surface area (Å²) in [6.45, 7) is 2.36. The number of primary amides is 1. The standard InChI is InChI=1S/C13H17N3O7/c1-6(17)21-5-10-9(22-7(2)18)3-11(23-10)16-4-8(12(14)19)15-13(16)20/h4,9-11H,3,5H2,1-2H3,(H2,14,19)(H,15,20)/t9-,10+,11+/m0/s1. The largest absolute Gasteiger partial charge is 0.463 e. The highest BCUT2D eigenvalue weighted by molar-refractivity contribution is 5.90. The number of esters is 2. The van der Waals surface area contributed by atoms with Crippen LogP contribution in [0.5, 0.6) is 0 Å². The van der Waals surface area contributed by atoms with Crippen LogP contribution in [0.25, 0.3) is 0 Å². The first kappa shape index (κ1) is 16.7. The molecular formula is C13H17N3O7. The summed E-state index contributed by atoms with van der Waals surface area (Å²) < 4.78 is 16.8. The van der Waals surface area contributed by atoms with Crippen molar-refractivity contribution in [1.29, 1.82) is 0 Å². The highest BCUT2D eigenvalue weighted by Crippen LogP contribution is 2.30. The third-order valence-corrected chi connectivity index (χ3v) is 3.27. The average Bonchev–Trinajstić information content (AvgIpc) is 2.99. The van der Waals surface area contributed by atoms with E-state index in [1.165, 1.54) is 20.0 Å². The number of H-pyrrole nitrogens is 1. The van der Waals surface area contributed by atoms with Gasteiger partial charge in [-0.2, -0.15) is 0 Å². The van der Waals surface area contributed by atoms with Crippen LogP contribution in [-0.4, -0.2) is 46.2 Å². The third kappa shape index (κ3) is 3.97. The number of nitrogens with two attached hydrogens (primary N) is 1. The first-order valence-electron chi connectivity index (χ1n) is 6.85.